The van der Waals surface area contributed by atoms with Crippen molar-refractivity contribution in [2.24, 2.45) is 0 Å². The van der Waals surface area contributed by atoms with Crippen LogP contribution < -0.4 is 15.7 Å². The van der Waals surface area contributed by atoms with Gasteiger partial charge in [-0.25, -0.2) is 4.79 Å². The van der Waals surface area contributed by atoms with Crippen molar-refractivity contribution >= 4 is 22.6 Å². The Hall–Kier alpha value is -3.08. The van der Waals surface area contributed by atoms with Crippen molar-refractivity contribution in [2.45, 2.75) is 45.4 Å². The first-order chi connectivity index (χ1) is 14.2. The third-order valence-electron chi connectivity index (χ3n) is 4.76. The molecule has 0 fully saturated rings. The van der Waals surface area contributed by atoms with E-state index in [0.29, 0.717) is 23.4 Å². The van der Waals surface area contributed by atoms with E-state index in [0.717, 1.165) is 17.6 Å². The van der Waals surface area contributed by atoms with Gasteiger partial charge in [-0.2, -0.15) is 0 Å². The Balaban J connectivity index is 1.50. The number of unbranched alkanes of at least 4 members (excludes halogenated alkanes) is 5. The van der Waals surface area contributed by atoms with Crippen molar-refractivity contribution in [2.75, 3.05) is 11.9 Å². The fourth-order valence-corrected chi connectivity index (χ4v) is 3.13. The number of hydrogen-bond acceptors (Lipinski definition) is 4. The molecule has 0 unspecified atom stereocenters. The normalized spacial score (nSPS) is 10.8. The molecule has 5 nitrogen and oxygen atoms in total. The zero-order chi connectivity index (χ0) is 20.5. The summed E-state index contributed by atoms with van der Waals surface area (Å²) in [6, 6.07) is 15.3. The van der Waals surface area contributed by atoms with Crippen molar-refractivity contribution in [3.05, 3.63) is 70.6 Å². The van der Waals surface area contributed by atoms with E-state index in [4.69, 9.17) is 9.15 Å². The van der Waals surface area contributed by atoms with E-state index in [-0.39, 0.29) is 5.91 Å². The van der Waals surface area contributed by atoms with Crippen LogP contribution in [0, 0.1) is 0 Å². The zero-order valence-electron chi connectivity index (χ0n) is 16.8. The Bertz CT molecular complexity index is 992. The number of rotatable bonds is 10. The molecule has 1 heterocycles. The lowest BCUT2D eigenvalue weighted by Crippen LogP contribution is -2.11. The summed E-state index contributed by atoms with van der Waals surface area (Å²) in [5, 5.41) is 3.61. The quantitative estimate of drug-likeness (QED) is 0.350. The minimum atomic E-state index is -0.395. The zero-order valence-corrected chi connectivity index (χ0v) is 16.8. The van der Waals surface area contributed by atoms with Gasteiger partial charge in [0.2, 0.25) is 0 Å². The molecule has 1 amide bonds. The first kappa shape index (κ1) is 20.6. The highest BCUT2D eigenvalue weighted by atomic mass is 16.5. The molecule has 0 aliphatic rings. The van der Waals surface area contributed by atoms with Crippen LogP contribution in [0.25, 0.3) is 11.0 Å². The molecule has 2 aromatic carbocycles. The molecule has 5 heteroatoms. The van der Waals surface area contributed by atoms with Crippen LogP contribution in [0.1, 0.15) is 55.8 Å². The van der Waals surface area contributed by atoms with E-state index < -0.39 is 5.63 Å². The molecule has 0 saturated heterocycles. The van der Waals surface area contributed by atoms with Crippen LogP contribution in [0.3, 0.4) is 0 Å². The van der Waals surface area contributed by atoms with Gasteiger partial charge in [0.15, 0.2) is 0 Å². The van der Waals surface area contributed by atoms with Crippen LogP contribution in [0.2, 0.25) is 0 Å². The van der Waals surface area contributed by atoms with E-state index in [1.165, 1.54) is 38.2 Å². The predicted molar refractivity (Wildman–Crippen MR) is 116 cm³/mol. The summed E-state index contributed by atoms with van der Waals surface area (Å²) in [5.74, 6) is 0.569. The van der Waals surface area contributed by atoms with Gasteiger partial charge < -0.3 is 14.5 Å². The standard InChI is InChI=1S/C24H27NO4/c1-2-3-4-5-6-7-16-28-21-12-8-18(9-13-21)24(27)25-20-11-14-22-19(17-20)10-15-23(26)29-22/h8-15,17H,2-7,16H2,1H3,(H,25,27). The second-order valence-corrected chi connectivity index (χ2v) is 7.10. The number of ether oxygens (including phenoxy) is 1. The van der Waals surface area contributed by atoms with E-state index >= 15 is 0 Å². The van der Waals surface area contributed by atoms with E-state index in [9.17, 15) is 9.59 Å². The third kappa shape index (κ3) is 6.21. The van der Waals surface area contributed by atoms with Crippen molar-refractivity contribution in [3.8, 4) is 5.75 Å². The van der Waals surface area contributed by atoms with Gasteiger partial charge in [0, 0.05) is 22.7 Å². The molecule has 152 valence electrons. The van der Waals surface area contributed by atoms with Crippen LogP contribution in [0.15, 0.2) is 63.8 Å². The lowest BCUT2D eigenvalue weighted by Gasteiger charge is -2.08. The average Bonchev–Trinajstić information content (AvgIpc) is 2.73. The molecule has 0 radical (unpaired) electrons. The molecular formula is C24H27NO4. The number of carbonyl (C=O) groups excluding carboxylic acids is 1. The molecule has 3 rings (SSSR count). The first-order valence-electron chi connectivity index (χ1n) is 10.2. The molecule has 0 spiro atoms. The first-order valence-corrected chi connectivity index (χ1v) is 10.2. The van der Waals surface area contributed by atoms with Crippen LogP contribution >= 0.6 is 0 Å². The summed E-state index contributed by atoms with van der Waals surface area (Å²) in [5.41, 5.74) is 1.28. The fourth-order valence-electron chi connectivity index (χ4n) is 3.13. The molecular weight excluding hydrogens is 366 g/mol. The number of hydrogen-bond donors (Lipinski definition) is 1. The molecule has 0 atom stereocenters. The number of fused-ring (bicyclic) bond motifs is 1. The molecule has 0 aliphatic heterocycles. The highest BCUT2D eigenvalue weighted by Crippen LogP contribution is 2.19. The maximum atomic E-state index is 12.5. The minimum Gasteiger partial charge on any atom is -0.494 e. The van der Waals surface area contributed by atoms with E-state index in [2.05, 4.69) is 12.2 Å². The Morgan fingerprint density at radius 3 is 2.48 bits per heavy atom. The Morgan fingerprint density at radius 1 is 0.931 bits per heavy atom. The van der Waals surface area contributed by atoms with E-state index in [1.54, 1.807) is 36.4 Å². The van der Waals surface area contributed by atoms with Gasteiger partial charge >= 0.3 is 5.63 Å². The van der Waals surface area contributed by atoms with Crippen molar-refractivity contribution in [1.29, 1.82) is 0 Å². The third-order valence-corrected chi connectivity index (χ3v) is 4.76. The van der Waals surface area contributed by atoms with Gasteiger partial charge in [-0.3, -0.25) is 4.79 Å². The molecule has 1 N–H and O–H groups in total. The van der Waals surface area contributed by atoms with Crippen LogP contribution in [-0.2, 0) is 0 Å². The second-order valence-electron chi connectivity index (χ2n) is 7.10. The maximum Gasteiger partial charge on any atom is 0.336 e. The molecule has 0 aliphatic carbocycles. The number of benzene rings is 2. The monoisotopic (exact) mass is 393 g/mol. The lowest BCUT2D eigenvalue weighted by atomic mass is 10.1. The van der Waals surface area contributed by atoms with Gasteiger partial charge in [0.1, 0.15) is 11.3 Å². The van der Waals surface area contributed by atoms with Gasteiger partial charge in [0.05, 0.1) is 6.61 Å². The summed E-state index contributed by atoms with van der Waals surface area (Å²) < 4.78 is 10.9. The summed E-state index contributed by atoms with van der Waals surface area (Å²) in [4.78, 5) is 23.7. The van der Waals surface area contributed by atoms with Crippen LogP contribution in [-0.4, -0.2) is 12.5 Å². The summed E-state index contributed by atoms with van der Waals surface area (Å²) >= 11 is 0. The van der Waals surface area contributed by atoms with Crippen molar-refractivity contribution in [3.63, 3.8) is 0 Å². The number of carbonyl (C=O) groups is 1. The molecule has 3 aromatic rings. The largest absolute Gasteiger partial charge is 0.494 e. The van der Waals surface area contributed by atoms with E-state index in [1.807, 2.05) is 12.1 Å². The molecule has 0 saturated carbocycles. The smallest absolute Gasteiger partial charge is 0.336 e. The van der Waals surface area contributed by atoms with Crippen molar-refractivity contribution in [1.82, 2.24) is 0 Å². The predicted octanol–water partition coefficient (Wildman–Crippen LogP) is 5.78. The molecule has 0 bridgehead atoms. The lowest BCUT2D eigenvalue weighted by molar-refractivity contribution is 0.102. The van der Waals surface area contributed by atoms with Crippen molar-refractivity contribution < 1.29 is 13.9 Å². The van der Waals surface area contributed by atoms with Crippen LogP contribution in [0.4, 0.5) is 5.69 Å². The minimum absolute atomic E-state index is 0.204. The number of nitrogens with one attached hydrogen (secondary N) is 1. The van der Waals surface area contributed by atoms with Gasteiger partial charge in [0.25, 0.3) is 5.91 Å². The number of amides is 1. The van der Waals surface area contributed by atoms with Gasteiger partial charge in [-0.05, 0) is 55.0 Å². The second kappa shape index (κ2) is 10.5. The average molecular weight is 393 g/mol. The summed E-state index contributed by atoms with van der Waals surface area (Å²) in [7, 11) is 0. The molecule has 29 heavy (non-hydrogen) atoms. The Morgan fingerprint density at radius 2 is 1.69 bits per heavy atom. The highest BCUT2D eigenvalue weighted by Gasteiger charge is 2.07. The fraction of sp³-hybridized carbons (Fsp3) is 0.333. The Labute approximate surface area is 170 Å². The van der Waals surface area contributed by atoms with Crippen LogP contribution in [0.5, 0.6) is 5.75 Å². The maximum absolute atomic E-state index is 12.5. The highest BCUT2D eigenvalue weighted by molar-refractivity contribution is 6.05. The molecule has 1 aromatic heterocycles. The topological polar surface area (TPSA) is 68.5 Å². The van der Waals surface area contributed by atoms with Gasteiger partial charge in [-0.1, -0.05) is 39.0 Å². The Kier molecular flexibility index (Phi) is 7.45. The van der Waals surface area contributed by atoms with Gasteiger partial charge in [-0.15, -0.1) is 0 Å². The number of anilines is 1. The SMILES string of the molecule is CCCCCCCCOc1ccc(C(=O)Nc2ccc3oc(=O)ccc3c2)cc1. The summed E-state index contributed by atoms with van der Waals surface area (Å²) in [6.45, 7) is 2.92. The summed E-state index contributed by atoms with van der Waals surface area (Å²) in [6.07, 6.45) is 7.36.